The molecule has 0 saturated carbocycles. The fourth-order valence-corrected chi connectivity index (χ4v) is 3.21. The standard InChI is InChI=1S/C20H22N6O/c27-20(17-8-7-15-5-1-2-6-16(15)25-17)22-10-9-21-18-13-19(24-14-23-18)26-11-3-4-12-26/h1-2,5-8,13-14H,3-4,9-12H2,(H,22,27)(H,21,23,24). The van der Waals surface area contributed by atoms with Crippen molar-refractivity contribution in [2.75, 3.05) is 36.4 Å². The van der Waals surface area contributed by atoms with Crippen molar-refractivity contribution in [1.29, 1.82) is 0 Å². The van der Waals surface area contributed by atoms with Crippen LogP contribution in [0.15, 0.2) is 48.8 Å². The molecule has 27 heavy (non-hydrogen) atoms. The Balaban J connectivity index is 1.29. The molecule has 2 aromatic heterocycles. The summed E-state index contributed by atoms with van der Waals surface area (Å²) in [6.07, 6.45) is 4.00. The number of hydrogen-bond acceptors (Lipinski definition) is 6. The number of nitrogens with zero attached hydrogens (tertiary/aromatic N) is 4. The van der Waals surface area contributed by atoms with E-state index in [0.29, 0.717) is 18.8 Å². The zero-order valence-corrected chi connectivity index (χ0v) is 15.1. The van der Waals surface area contributed by atoms with Crippen molar-refractivity contribution in [3.05, 3.63) is 54.5 Å². The molecule has 3 aromatic rings. The Kier molecular flexibility index (Phi) is 5.09. The minimum absolute atomic E-state index is 0.178. The smallest absolute Gasteiger partial charge is 0.269 e. The fourth-order valence-electron chi connectivity index (χ4n) is 3.21. The van der Waals surface area contributed by atoms with Crippen LogP contribution in [0.1, 0.15) is 23.3 Å². The van der Waals surface area contributed by atoms with E-state index in [-0.39, 0.29) is 5.91 Å². The molecule has 4 rings (SSSR count). The van der Waals surface area contributed by atoms with Crippen LogP contribution in [0, 0.1) is 0 Å². The molecule has 0 atom stereocenters. The van der Waals surface area contributed by atoms with Gasteiger partial charge in [-0.05, 0) is 25.0 Å². The lowest BCUT2D eigenvalue weighted by molar-refractivity contribution is 0.0950. The SMILES string of the molecule is O=C(NCCNc1cc(N2CCCC2)ncn1)c1ccc2ccccc2n1. The number of anilines is 2. The van der Waals surface area contributed by atoms with Gasteiger partial charge in [0.1, 0.15) is 23.7 Å². The normalized spacial score (nSPS) is 13.7. The van der Waals surface area contributed by atoms with Gasteiger partial charge in [0.15, 0.2) is 0 Å². The third kappa shape index (κ3) is 4.13. The van der Waals surface area contributed by atoms with Crippen LogP contribution in [0.3, 0.4) is 0 Å². The third-order valence-electron chi connectivity index (χ3n) is 4.63. The summed E-state index contributed by atoms with van der Waals surface area (Å²) in [5, 5.41) is 7.14. The Hall–Kier alpha value is -3.22. The second-order valence-electron chi connectivity index (χ2n) is 6.53. The summed E-state index contributed by atoms with van der Waals surface area (Å²) in [6.45, 7) is 3.16. The lowest BCUT2D eigenvalue weighted by atomic mass is 10.2. The van der Waals surface area contributed by atoms with Gasteiger partial charge in [-0.15, -0.1) is 0 Å². The molecule has 1 aromatic carbocycles. The fraction of sp³-hybridized carbons (Fsp3) is 0.300. The summed E-state index contributed by atoms with van der Waals surface area (Å²) >= 11 is 0. The van der Waals surface area contributed by atoms with Crippen LogP contribution >= 0.6 is 0 Å². The number of para-hydroxylation sites is 1. The van der Waals surface area contributed by atoms with E-state index in [1.54, 1.807) is 12.4 Å². The number of pyridine rings is 1. The minimum Gasteiger partial charge on any atom is -0.368 e. The molecule has 2 N–H and O–H groups in total. The van der Waals surface area contributed by atoms with E-state index < -0.39 is 0 Å². The van der Waals surface area contributed by atoms with E-state index in [9.17, 15) is 4.79 Å². The number of carbonyl (C=O) groups is 1. The van der Waals surface area contributed by atoms with Gasteiger partial charge < -0.3 is 15.5 Å². The molecule has 0 aliphatic carbocycles. The van der Waals surface area contributed by atoms with Crippen molar-refractivity contribution in [1.82, 2.24) is 20.3 Å². The number of fused-ring (bicyclic) bond motifs is 1. The highest BCUT2D eigenvalue weighted by molar-refractivity contribution is 5.94. The Labute approximate surface area is 157 Å². The van der Waals surface area contributed by atoms with Gasteiger partial charge in [-0.2, -0.15) is 0 Å². The molecule has 138 valence electrons. The van der Waals surface area contributed by atoms with Crippen LogP contribution in [-0.2, 0) is 0 Å². The lowest BCUT2D eigenvalue weighted by Crippen LogP contribution is -2.29. The Morgan fingerprint density at radius 1 is 1.04 bits per heavy atom. The number of amides is 1. The lowest BCUT2D eigenvalue weighted by Gasteiger charge is -2.16. The second-order valence-corrected chi connectivity index (χ2v) is 6.53. The van der Waals surface area contributed by atoms with E-state index in [1.165, 1.54) is 12.8 Å². The number of carbonyl (C=O) groups excluding carboxylic acids is 1. The quantitative estimate of drug-likeness (QED) is 0.656. The number of hydrogen-bond donors (Lipinski definition) is 2. The average Bonchev–Trinajstić information content (AvgIpc) is 3.26. The molecule has 0 bridgehead atoms. The predicted molar refractivity (Wildman–Crippen MR) is 106 cm³/mol. The Morgan fingerprint density at radius 3 is 2.78 bits per heavy atom. The first kappa shape index (κ1) is 17.2. The largest absolute Gasteiger partial charge is 0.368 e. The third-order valence-corrected chi connectivity index (χ3v) is 4.63. The van der Waals surface area contributed by atoms with Gasteiger partial charge in [0, 0.05) is 37.6 Å². The monoisotopic (exact) mass is 362 g/mol. The molecule has 0 spiro atoms. The van der Waals surface area contributed by atoms with Crippen molar-refractivity contribution in [3.8, 4) is 0 Å². The van der Waals surface area contributed by atoms with E-state index in [4.69, 9.17) is 0 Å². The van der Waals surface area contributed by atoms with Crippen molar-refractivity contribution in [2.45, 2.75) is 12.8 Å². The second kappa shape index (κ2) is 7.99. The summed E-state index contributed by atoms with van der Waals surface area (Å²) in [7, 11) is 0. The van der Waals surface area contributed by atoms with E-state index in [0.717, 1.165) is 35.6 Å². The predicted octanol–water partition coefficient (Wildman–Crippen LogP) is 2.47. The highest BCUT2D eigenvalue weighted by atomic mass is 16.1. The van der Waals surface area contributed by atoms with Gasteiger partial charge in [-0.3, -0.25) is 4.79 Å². The highest BCUT2D eigenvalue weighted by Crippen LogP contribution is 2.19. The maximum atomic E-state index is 12.3. The number of aromatic nitrogens is 3. The summed E-state index contributed by atoms with van der Waals surface area (Å²) in [6, 6.07) is 13.4. The molecular formula is C20H22N6O. The van der Waals surface area contributed by atoms with Crippen molar-refractivity contribution in [3.63, 3.8) is 0 Å². The highest BCUT2D eigenvalue weighted by Gasteiger charge is 2.14. The Morgan fingerprint density at radius 2 is 1.89 bits per heavy atom. The van der Waals surface area contributed by atoms with E-state index in [2.05, 4.69) is 30.5 Å². The van der Waals surface area contributed by atoms with Gasteiger partial charge in [0.05, 0.1) is 5.52 Å². The van der Waals surface area contributed by atoms with Crippen LogP contribution in [-0.4, -0.2) is 47.0 Å². The molecular weight excluding hydrogens is 340 g/mol. The summed E-state index contributed by atoms with van der Waals surface area (Å²) in [5.74, 6) is 1.54. The molecule has 1 aliphatic rings. The van der Waals surface area contributed by atoms with Gasteiger partial charge in [0.2, 0.25) is 0 Å². The van der Waals surface area contributed by atoms with Gasteiger partial charge in [-0.1, -0.05) is 24.3 Å². The molecule has 1 aliphatic heterocycles. The van der Waals surface area contributed by atoms with Gasteiger partial charge in [0.25, 0.3) is 5.91 Å². The van der Waals surface area contributed by atoms with E-state index in [1.807, 2.05) is 36.4 Å². The molecule has 1 amide bonds. The number of rotatable bonds is 6. The van der Waals surface area contributed by atoms with Crippen LogP contribution < -0.4 is 15.5 Å². The molecule has 1 saturated heterocycles. The number of benzene rings is 1. The summed E-state index contributed by atoms with van der Waals surface area (Å²) < 4.78 is 0. The molecule has 3 heterocycles. The van der Waals surface area contributed by atoms with Crippen molar-refractivity contribution < 1.29 is 4.79 Å². The van der Waals surface area contributed by atoms with Crippen LogP contribution in [0.4, 0.5) is 11.6 Å². The average molecular weight is 362 g/mol. The van der Waals surface area contributed by atoms with Crippen molar-refractivity contribution in [2.24, 2.45) is 0 Å². The number of nitrogens with one attached hydrogen (secondary N) is 2. The van der Waals surface area contributed by atoms with E-state index >= 15 is 0 Å². The minimum atomic E-state index is -0.178. The molecule has 1 fully saturated rings. The topological polar surface area (TPSA) is 83.0 Å². The van der Waals surface area contributed by atoms with Gasteiger partial charge >= 0.3 is 0 Å². The summed E-state index contributed by atoms with van der Waals surface area (Å²) in [4.78, 5) is 27.6. The van der Waals surface area contributed by atoms with Crippen LogP contribution in [0.2, 0.25) is 0 Å². The first-order chi connectivity index (χ1) is 13.3. The summed E-state index contributed by atoms with van der Waals surface area (Å²) in [5.41, 5.74) is 1.24. The molecule has 0 unspecified atom stereocenters. The molecule has 7 nitrogen and oxygen atoms in total. The zero-order chi connectivity index (χ0) is 18.5. The maximum Gasteiger partial charge on any atom is 0.269 e. The maximum absolute atomic E-state index is 12.3. The van der Waals surface area contributed by atoms with Crippen molar-refractivity contribution >= 4 is 28.4 Å². The zero-order valence-electron chi connectivity index (χ0n) is 15.1. The molecule has 0 radical (unpaired) electrons. The van der Waals surface area contributed by atoms with Gasteiger partial charge in [-0.25, -0.2) is 15.0 Å². The van der Waals surface area contributed by atoms with Crippen LogP contribution in [0.25, 0.3) is 10.9 Å². The Bertz CT molecular complexity index is 938. The first-order valence-electron chi connectivity index (χ1n) is 9.24. The first-order valence-corrected chi connectivity index (χ1v) is 9.24. The molecule has 7 heteroatoms. The van der Waals surface area contributed by atoms with Crippen LogP contribution in [0.5, 0.6) is 0 Å².